The molecule has 3 rings (SSSR count). The molecule has 2 N–H and O–H groups in total. The fourth-order valence-corrected chi connectivity index (χ4v) is 2.55. The second-order valence-corrected chi connectivity index (χ2v) is 5.60. The van der Waals surface area contributed by atoms with Crippen LogP contribution in [0.5, 0.6) is 0 Å². The minimum absolute atomic E-state index is 0.116. The van der Waals surface area contributed by atoms with Crippen molar-refractivity contribution in [2.24, 2.45) is 0 Å². The summed E-state index contributed by atoms with van der Waals surface area (Å²) < 4.78 is 0. The highest BCUT2D eigenvalue weighted by molar-refractivity contribution is 5.94. The SMILES string of the molecule is CC(NC(=O)c1ccc[nH]c1=O)c1ccc(-c2ccccc2)cc1. The molecule has 1 unspecified atom stereocenters. The van der Waals surface area contributed by atoms with Gasteiger partial charge in [0, 0.05) is 6.20 Å². The molecule has 3 aromatic rings. The van der Waals surface area contributed by atoms with Crippen LogP contribution in [0.2, 0.25) is 0 Å². The molecule has 1 aromatic heterocycles. The molecular weight excluding hydrogens is 300 g/mol. The third-order valence-corrected chi connectivity index (χ3v) is 3.93. The van der Waals surface area contributed by atoms with Crippen LogP contribution in [0.3, 0.4) is 0 Å². The fourth-order valence-electron chi connectivity index (χ4n) is 2.55. The van der Waals surface area contributed by atoms with Crippen LogP contribution < -0.4 is 10.9 Å². The minimum Gasteiger partial charge on any atom is -0.345 e. The Kier molecular flexibility index (Phi) is 4.57. The molecular formula is C20H18N2O2. The summed E-state index contributed by atoms with van der Waals surface area (Å²) in [5, 5.41) is 2.85. The van der Waals surface area contributed by atoms with E-state index < -0.39 is 0 Å². The van der Waals surface area contributed by atoms with Crippen LogP contribution in [0.1, 0.15) is 28.9 Å². The van der Waals surface area contributed by atoms with Gasteiger partial charge in [-0.2, -0.15) is 0 Å². The number of pyridine rings is 1. The van der Waals surface area contributed by atoms with Gasteiger partial charge in [0.2, 0.25) is 0 Å². The first kappa shape index (κ1) is 15.7. The Hall–Kier alpha value is -3.14. The Morgan fingerprint density at radius 3 is 2.25 bits per heavy atom. The standard InChI is InChI=1S/C20H18N2O2/c1-14(22-20(24)18-8-5-13-21-19(18)23)15-9-11-17(12-10-15)16-6-3-2-4-7-16/h2-14H,1H3,(H,21,23)(H,22,24). The van der Waals surface area contributed by atoms with E-state index in [0.717, 1.165) is 16.7 Å². The summed E-state index contributed by atoms with van der Waals surface area (Å²) in [6.45, 7) is 1.90. The van der Waals surface area contributed by atoms with Crippen LogP contribution in [0.4, 0.5) is 0 Å². The maximum Gasteiger partial charge on any atom is 0.260 e. The lowest BCUT2D eigenvalue weighted by Crippen LogP contribution is -2.31. The molecule has 2 aromatic carbocycles. The average molecular weight is 318 g/mol. The topological polar surface area (TPSA) is 62.0 Å². The third kappa shape index (κ3) is 3.43. The quantitative estimate of drug-likeness (QED) is 0.773. The van der Waals surface area contributed by atoms with Crippen LogP contribution in [-0.4, -0.2) is 10.9 Å². The Morgan fingerprint density at radius 2 is 1.58 bits per heavy atom. The average Bonchev–Trinajstić information content (AvgIpc) is 2.63. The van der Waals surface area contributed by atoms with E-state index in [2.05, 4.69) is 22.4 Å². The predicted octanol–water partition coefficient (Wildman–Crippen LogP) is 3.53. The molecule has 0 radical (unpaired) electrons. The van der Waals surface area contributed by atoms with E-state index in [9.17, 15) is 9.59 Å². The number of carbonyl (C=O) groups is 1. The third-order valence-electron chi connectivity index (χ3n) is 3.93. The molecule has 4 heteroatoms. The minimum atomic E-state index is -0.387. The Bertz CT molecular complexity index is 883. The second kappa shape index (κ2) is 6.96. The first-order valence-electron chi connectivity index (χ1n) is 7.79. The van der Waals surface area contributed by atoms with Crippen LogP contribution in [0.25, 0.3) is 11.1 Å². The Morgan fingerprint density at radius 1 is 0.917 bits per heavy atom. The highest BCUT2D eigenvalue weighted by Crippen LogP contribution is 2.21. The summed E-state index contributed by atoms with van der Waals surface area (Å²) in [4.78, 5) is 26.4. The van der Waals surface area contributed by atoms with E-state index in [1.54, 1.807) is 6.07 Å². The van der Waals surface area contributed by atoms with Crippen LogP contribution >= 0.6 is 0 Å². The van der Waals surface area contributed by atoms with Crippen LogP contribution in [0.15, 0.2) is 77.7 Å². The number of rotatable bonds is 4. The predicted molar refractivity (Wildman–Crippen MR) is 94.8 cm³/mol. The van der Waals surface area contributed by atoms with E-state index in [1.807, 2.05) is 49.4 Å². The molecule has 0 saturated carbocycles. The zero-order chi connectivity index (χ0) is 16.9. The summed E-state index contributed by atoms with van der Waals surface area (Å²) in [5.41, 5.74) is 2.98. The van der Waals surface area contributed by atoms with Gasteiger partial charge in [-0.1, -0.05) is 54.6 Å². The molecule has 0 aliphatic rings. The molecule has 4 nitrogen and oxygen atoms in total. The number of carbonyl (C=O) groups excluding carboxylic acids is 1. The molecule has 1 heterocycles. The first-order valence-corrected chi connectivity index (χ1v) is 7.79. The molecule has 1 atom stereocenters. The maximum atomic E-state index is 12.2. The van der Waals surface area contributed by atoms with E-state index in [-0.39, 0.29) is 23.1 Å². The van der Waals surface area contributed by atoms with Crippen molar-refractivity contribution in [3.8, 4) is 11.1 Å². The van der Waals surface area contributed by atoms with Crippen LogP contribution in [0, 0.1) is 0 Å². The van der Waals surface area contributed by atoms with Crippen molar-refractivity contribution in [3.05, 3.63) is 94.4 Å². The molecule has 0 saturated heterocycles. The number of aromatic nitrogens is 1. The normalized spacial score (nSPS) is 11.7. The molecule has 120 valence electrons. The lowest BCUT2D eigenvalue weighted by molar-refractivity contribution is 0.0938. The van der Waals surface area contributed by atoms with Crippen molar-refractivity contribution in [1.82, 2.24) is 10.3 Å². The number of H-pyrrole nitrogens is 1. The number of hydrogen-bond acceptors (Lipinski definition) is 2. The number of hydrogen-bond donors (Lipinski definition) is 2. The number of aromatic amines is 1. The fraction of sp³-hybridized carbons (Fsp3) is 0.100. The van der Waals surface area contributed by atoms with Gasteiger partial charge in [0.05, 0.1) is 6.04 Å². The molecule has 24 heavy (non-hydrogen) atoms. The van der Waals surface area contributed by atoms with E-state index in [1.165, 1.54) is 12.3 Å². The number of amides is 1. The Balaban J connectivity index is 1.74. The van der Waals surface area contributed by atoms with Crippen LogP contribution in [-0.2, 0) is 0 Å². The zero-order valence-electron chi connectivity index (χ0n) is 13.3. The van der Waals surface area contributed by atoms with Gasteiger partial charge in [-0.3, -0.25) is 9.59 Å². The zero-order valence-corrected chi connectivity index (χ0v) is 13.3. The van der Waals surface area contributed by atoms with Gasteiger partial charge < -0.3 is 10.3 Å². The van der Waals surface area contributed by atoms with Crippen molar-refractivity contribution in [2.45, 2.75) is 13.0 Å². The summed E-state index contributed by atoms with van der Waals surface area (Å²) in [5.74, 6) is -0.378. The van der Waals surface area contributed by atoms with Gasteiger partial charge in [0.1, 0.15) is 5.56 Å². The van der Waals surface area contributed by atoms with E-state index in [4.69, 9.17) is 0 Å². The van der Waals surface area contributed by atoms with E-state index in [0.29, 0.717) is 0 Å². The summed E-state index contributed by atoms with van der Waals surface area (Å²) in [6.07, 6.45) is 1.50. The van der Waals surface area contributed by atoms with Gasteiger partial charge in [-0.25, -0.2) is 0 Å². The number of benzene rings is 2. The van der Waals surface area contributed by atoms with Crippen molar-refractivity contribution in [3.63, 3.8) is 0 Å². The van der Waals surface area contributed by atoms with Crippen molar-refractivity contribution in [2.75, 3.05) is 0 Å². The largest absolute Gasteiger partial charge is 0.345 e. The summed E-state index contributed by atoms with van der Waals surface area (Å²) >= 11 is 0. The molecule has 0 aliphatic heterocycles. The maximum absolute atomic E-state index is 12.2. The molecule has 0 bridgehead atoms. The smallest absolute Gasteiger partial charge is 0.260 e. The monoisotopic (exact) mass is 318 g/mol. The first-order chi connectivity index (χ1) is 11.6. The van der Waals surface area contributed by atoms with Gasteiger partial charge in [0.15, 0.2) is 0 Å². The Labute approximate surface area is 140 Å². The number of nitrogens with one attached hydrogen (secondary N) is 2. The van der Waals surface area contributed by atoms with Crippen molar-refractivity contribution < 1.29 is 4.79 Å². The second-order valence-electron chi connectivity index (χ2n) is 5.60. The molecule has 1 amide bonds. The van der Waals surface area contributed by atoms with Gasteiger partial charge in [0.25, 0.3) is 11.5 Å². The molecule has 0 aliphatic carbocycles. The lowest BCUT2D eigenvalue weighted by atomic mass is 10.0. The van der Waals surface area contributed by atoms with Crippen molar-refractivity contribution >= 4 is 5.91 Å². The van der Waals surface area contributed by atoms with Gasteiger partial charge in [-0.05, 0) is 35.7 Å². The summed E-state index contributed by atoms with van der Waals surface area (Å²) in [6, 6.07) is 21.1. The highest BCUT2D eigenvalue weighted by Gasteiger charge is 2.14. The summed E-state index contributed by atoms with van der Waals surface area (Å²) in [7, 11) is 0. The van der Waals surface area contributed by atoms with E-state index >= 15 is 0 Å². The van der Waals surface area contributed by atoms with Crippen molar-refractivity contribution in [1.29, 1.82) is 0 Å². The molecule has 0 fully saturated rings. The highest BCUT2D eigenvalue weighted by atomic mass is 16.2. The molecule has 0 spiro atoms. The lowest BCUT2D eigenvalue weighted by Gasteiger charge is -2.14. The van der Waals surface area contributed by atoms with Gasteiger partial charge in [-0.15, -0.1) is 0 Å². The van der Waals surface area contributed by atoms with Gasteiger partial charge >= 0.3 is 0 Å².